The van der Waals surface area contributed by atoms with E-state index < -0.39 is 0 Å². The molecule has 1 rings (SSSR count). The van der Waals surface area contributed by atoms with Gasteiger partial charge < -0.3 is 4.74 Å². The number of hydrogen-bond donors (Lipinski definition) is 0. The van der Waals surface area contributed by atoms with Crippen molar-refractivity contribution in [3.8, 4) is 0 Å². The standard InChI is InChI=1S/C10H20O/c1-4-10-9(8(2)3)6-5-7-11-10/h8-10H,4-7H2,1-3H3/t9-,10-/m1/s1. The molecular weight excluding hydrogens is 136 g/mol. The van der Waals surface area contributed by atoms with Crippen molar-refractivity contribution in [1.82, 2.24) is 0 Å². The van der Waals surface area contributed by atoms with Gasteiger partial charge in [0.15, 0.2) is 0 Å². The van der Waals surface area contributed by atoms with E-state index in [1.54, 1.807) is 0 Å². The molecule has 2 atom stereocenters. The van der Waals surface area contributed by atoms with Crippen molar-refractivity contribution in [3.63, 3.8) is 0 Å². The zero-order valence-electron chi connectivity index (χ0n) is 7.97. The molecule has 0 aromatic rings. The zero-order valence-corrected chi connectivity index (χ0v) is 7.97. The quantitative estimate of drug-likeness (QED) is 0.597. The summed E-state index contributed by atoms with van der Waals surface area (Å²) in [6.45, 7) is 7.83. The molecular formula is C10H20O. The maximum absolute atomic E-state index is 5.70. The molecule has 0 bridgehead atoms. The molecule has 11 heavy (non-hydrogen) atoms. The van der Waals surface area contributed by atoms with Crippen LogP contribution in [0.5, 0.6) is 0 Å². The molecule has 1 aliphatic heterocycles. The van der Waals surface area contributed by atoms with Crippen LogP contribution < -0.4 is 0 Å². The Morgan fingerprint density at radius 2 is 2.18 bits per heavy atom. The Kier molecular flexibility index (Phi) is 3.38. The van der Waals surface area contributed by atoms with Gasteiger partial charge in [0, 0.05) is 6.61 Å². The van der Waals surface area contributed by atoms with E-state index >= 15 is 0 Å². The van der Waals surface area contributed by atoms with Crippen molar-refractivity contribution < 1.29 is 4.74 Å². The summed E-state index contributed by atoms with van der Waals surface area (Å²) in [6, 6.07) is 0. The SMILES string of the molecule is CC[C@H]1OCCC[C@@H]1C(C)C. The second-order valence-electron chi connectivity index (χ2n) is 3.87. The van der Waals surface area contributed by atoms with Crippen molar-refractivity contribution in [1.29, 1.82) is 0 Å². The second kappa shape index (κ2) is 4.10. The normalized spacial score (nSPS) is 32.7. The lowest BCUT2D eigenvalue weighted by Gasteiger charge is -2.33. The number of rotatable bonds is 2. The molecule has 0 amide bonds. The first-order chi connectivity index (χ1) is 5.25. The summed E-state index contributed by atoms with van der Waals surface area (Å²) < 4.78 is 5.70. The highest BCUT2D eigenvalue weighted by atomic mass is 16.5. The van der Waals surface area contributed by atoms with Crippen molar-refractivity contribution in [2.75, 3.05) is 6.61 Å². The van der Waals surface area contributed by atoms with E-state index in [1.807, 2.05) is 0 Å². The molecule has 66 valence electrons. The highest BCUT2D eigenvalue weighted by molar-refractivity contribution is 4.75. The van der Waals surface area contributed by atoms with Crippen molar-refractivity contribution >= 4 is 0 Å². The van der Waals surface area contributed by atoms with Crippen LogP contribution in [0.4, 0.5) is 0 Å². The van der Waals surface area contributed by atoms with Crippen LogP contribution in [-0.2, 0) is 4.74 Å². The molecule has 0 aliphatic carbocycles. The maximum Gasteiger partial charge on any atom is 0.0603 e. The molecule has 1 heterocycles. The number of ether oxygens (including phenoxy) is 1. The minimum absolute atomic E-state index is 0.545. The average Bonchev–Trinajstić information content (AvgIpc) is 2.04. The lowest BCUT2D eigenvalue weighted by Crippen LogP contribution is -2.32. The highest BCUT2D eigenvalue weighted by Gasteiger charge is 2.26. The van der Waals surface area contributed by atoms with Crippen LogP contribution in [0.3, 0.4) is 0 Å². The topological polar surface area (TPSA) is 9.23 Å². The lowest BCUT2D eigenvalue weighted by atomic mass is 9.84. The Labute approximate surface area is 70.1 Å². The van der Waals surface area contributed by atoms with E-state index in [0.717, 1.165) is 18.4 Å². The first kappa shape index (κ1) is 9.05. The van der Waals surface area contributed by atoms with Crippen LogP contribution in [0.25, 0.3) is 0 Å². The van der Waals surface area contributed by atoms with Gasteiger partial charge in [0.25, 0.3) is 0 Å². The molecule has 0 spiro atoms. The van der Waals surface area contributed by atoms with E-state index in [9.17, 15) is 0 Å². The van der Waals surface area contributed by atoms with Crippen molar-refractivity contribution in [2.24, 2.45) is 11.8 Å². The molecule has 0 saturated carbocycles. The minimum Gasteiger partial charge on any atom is -0.378 e. The molecule has 0 aromatic carbocycles. The Morgan fingerprint density at radius 1 is 1.45 bits per heavy atom. The van der Waals surface area contributed by atoms with Crippen LogP contribution in [-0.4, -0.2) is 12.7 Å². The summed E-state index contributed by atoms with van der Waals surface area (Å²) >= 11 is 0. The van der Waals surface area contributed by atoms with Gasteiger partial charge in [-0.1, -0.05) is 20.8 Å². The van der Waals surface area contributed by atoms with E-state index in [1.165, 1.54) is 19.3 Å². The Bertz CT molecular complexity index is 109. The smallest absolute Gasteiger partial charge is 0.0603 e. The summed E-state index contributed by atoms with van der Waals surface area (Å²) in [6.07, 6.45) is 4.36. The predicted octanol–water partition coefficient (Wildman–Crippen LogP) is 2.85. The third kappa shape index (κ3) is 2.19. The van der Waals surface area contributed by atoms with Gasteiger partial charge in [-0.05, 0) is 31.1 Å². The summed E-state index contributed by atoms with van der Waals surface area (Å²) in [4.78, 5) is 0. The Balaban J connectivity index is 2.44. The van der Waals surface area contributed by atoms with Gasteiger partial charge in [-0.15, -0.1) is 0 Å². The van der Waals surface area contributed by atoms with E-state index in [2.05, 4.69) is 20.8 Å². The van der Waals surface area contributed by atoms with Crippen LogP contribution in [0.2, 0.25) is 0 Å². The van der Waals surface area contributed by atoms with Crippen LogP contribution in [0, 0.1) is 11.8 Å². The van der Waals surface area contributed by atoms with Crippen LogP contribution in [0.1, 0.15) is 40.0 Å². The molecule has 1 saturated heterocycles. The first-order valence-electron chi connectivity index (χ1n) is 4.87. The van der Waals surface area contributed by atoms with Gasteiger partial charge in [0.1, 0.15) is 0 Å². The third-order valence-corrected chi connectivity index (χ3v) is 2.75. The lowest BCUT2D eigenvalue weighted by molar-refractivity contribution is -0.0430. The van der Waals surface area contributed by atoms with Crippen molar-refractivity contribution in [2.45, 2.75) is 46.1 Å². The summed E-state index contributed by atoms with van der Waals surface area (Å²) in [5, 5.41) is 0. The van der Waals surface area contributed by atoms with Gasteiger partial charge in [0.05, 0.1) is 6.10 Å². The van der Waals surface area contributed by atoms with E-state index in [4.69, 9.17) is 4.74 Å². The molecule has 1 fully saturated rings. The van der Waals surface area contributed by atoms with Gasteiger partial charge in [-0.3, -0.25) is 0 Å². The average molecular weight is 156 g/mol. The fourth-order valence-electron chi connectivity index (χ4n) is 2.05. The molecule has 1 nitrogen and oxygen atoms in total. The predicted molar refractivity (Wildman–Crippen MR) is 47.6 cm³/mol. The maximum atomic E-state index is 5.70. The summed E-state index contributed by atoms with van der Waals surface area (Å²) in [5.74, 6) is 1.61. The molecule has 0 radical (unpaired) electrons. The fourth-order valence-corrected chi connectivity index (χ4v) is 2.05. The molecule has 1 aliphatic rings. The highest BCUT2D eigenvalue weighted by Crippen LogP contribution is 2.28. The Hall–Kier alpha value is -0.0400. The van der Waals surface area contributed by atoms with Gasteiger partial charge in [0.2, 0.25) is 0 Å². The van der Waals surface area contributed by atoms with Gasteiger partial charge >= 0.3 is 0 Å². The van der Waals surface area contributed by atoms with Gasteiger partial charge in [-0.2, -0.15) is 0 Å². The Morgan fingerprint density at radius 3 is 2.64 bits per heavy atom. The monoisotopic (exact) mass is 156 g/mol. The van der Waals surface area contributed by atoms with Crippen molar-refractivity contribution in [3.05, 3.63) is 0 Å². The molecule has 1 heteroatoms. The van der Waals surface area contributed by atoms with Gasteiger partial charge in [-0.25, -0.2) is 0 Å². The van der Waals surface area contributed by atoms with E-state index in [0.29, 0.717) is 6.10 Å². The number of hydrogen-bond acceptors (Lipinski definition) is 1. The van der Waals surface area contributed by atoms with E-state index in [-0.39, 0.29) is 0 Å². The fraction of sp³-hybridized carbons (Fsp3) is 1.00. The molecule has 0 unspecified atom stereocenters. The minimum atomic E-state index is 0.545. The molecule has 0 aromatic heterocycles. The summed E-state index contributed by atoms with van der Waals surface area (Å²) in [7, 11) is 0. The second-order valence-corrected chi connectivity index (χ2v) is 3.87. The largest absolute Gasteiger partial charge is 0.378 e. The first-order valence-corrected chi connectivity index (χ1v) is 4.87. The van der Waals surface area contributed by atoms with Crippen LogP contribution >= 0.6 is 0 Å². The van der Waals surface area contributed by atoms with Crippen LogP contribution in [0.15, 0.2) is 0 Å². The zero-order chi connectivity index (χ0) is 8.27. The third-order valence-electron chi connectivity index (χ3n) is 2.75. The molecule has 0 N–H and O–H groups in total. The summed E-state index contributed by atoms with van der Waals surface area (Å²) in [5.41, 5.74) is 0.